The Labute approximate surface area is 112 Å². The summed E-state index contributed by atoms with van der Waals surface area (Å²) in [5.41, 5.74) is -0.0470. The molecule has 1 rings (SSSR count). The molecule has 0 aliphatic heterocycles. The fourth-order valence-electron chi connectivity index (χ4n) is 1.41. The number of phenolic OH excluding ortho intramolecular Hbond substituents is 1. The van der Waals surface area contributed by atoms with Crippen LogP contribution in [0.25, 0.3) is 0 Å². The number of carbonyl (C=O) groups is 2. The largest absolute Gasteiger partial charge is 0.508 e. The lowest BCUT2D eigenvalue weighted by Crippen LogP contribution is -2.33. The summed E-state index contributed by atoms with van der Waals surface area (Å²) >= 11 is 0. The van der Waals surface area contributed by atoms with Crippen molar-refractivity contribution in [3.63, 3.8) is 0 Å². The molecule has 1 aromatic carbocycles. The molecular formula is C14H19NO4. The molecule has 19 heavy (non-hydrogen) atoms. The lowest BCUT2D eigenvalue weighted by molar-refractivity contribution is -0.153. The first-order chi connectivity index (χ1) is 8.78. The van der Waals surface area contributed by atoms with E-state index in [0.29, 0.717) is 5.56 Å². The van der Waals surface area contributed by atoms with Gasteiger partial charge in [0.1, 0.15) is 11.4 Å². The number of Topliss-reactive ketones (excluding diaryl/α,β-unsaturated/α-hetero) is 1. The van der Waals surface area contributed by atoms with Crippen LogP contribution in [-0.2, 0) is 9.53 Å². The Kier molecular flexibility index (Phi) is 5.06. The van der Waals surface area contributed by atoms with Crippen LogP contribution in [0.4, 0.5) is 0 Å². The second-order valence-electron chi connectivity index (χ2n) is 5.16. The van der Waals surface area contributed by atoms with Gasteiger partial charge in [-0.25, -0.2) is 0 Å². The number of benzene rings is 1. The Bertz CT molecular complexity index is 446. The van der Waals surface area contributed by atoms with Gasteiger partial charge in [-0.1, -0.05) is 0 Å². The normalized spacial score (nSPS) is 11.1. The van der Waals surface area contributed by atoms with Gasteiger partial charge in [0.25, 0.3) is 0 Å². The van der Waals surface area contributed by atoms with Crippen molar-refractivity contribution < 1.29 is 19.4 Å². The predicted octanol–water partition coefficient (Wildman–Crippen LogP) is 1.51. The van der Waals surface area contributed by atoms with Gasteiger partial charge in [-0.3, -0.25) is 14.9 Å². The first-order valence-corrected chi connectivity index (χ1v) is 6.03. The van der Waals surface area contributed by atoms with E-state index < -0.39 is 11.6 Å². The van der Waals surface area contributed by atoms with Crippen LogP contribution in [0.5, 0.6) is 5.75 Å². The van der Waals surface area contributed by atoms with Crippen LogP contribution in [0.3, 0.4) is 0 Å². The van der Waals surface area contributed by atoms with E-state index in [9.17, 15) is 9.59 Å². The number of ether oxygens (including phenoxy) is 1. The molecule has 1 aromatic rings. The first kappa shape index (κ1) is 15.2. The van der Waals surface area contributed by atoms with Crippen LogP contribution in [-0.4, -0.2) is 35.5 Å². The minimum absolute atomic E-state index is 0.0128. The van der Waals surface area contributed by atoms with Crippen molar-refractivity contribution in [1.29, 1.82) is 0 Å². The Morgan fingerprint density at radius 1 is 1.16 bits per heavy atom. The molecule has 104 valence electrons. The van der Waals surface area contributed by atoms with Crippen molar-refractivity contribution >= 4 is 11.8 Å². The predicted molar refractivity (Wildman–Crippen MR) is 71.2 cm³/mol. The van der Waals surface area contributed by atoms with E-state index in [2.05, 4.69) is 5.32 Å². The summed E-state index contributed by atoms with van der Waals surface area (Å²) in [6, 6.07) is 5.96. The number of aromatic hydroxyl groups is 1. The van der Waals surface area contributed by atoms with Gasteiger partial charge in [-0.15, -0.1) is 0 Å². The summed E-state index contributed by atoms with van der Waals surface area (Å²) in [5.74, 6) is -0.437. The van der Waals surface area contributed by atoms with Gasteiger partial charge in [-0.2, -0.15) is 0 Å². The highest BCUT2D eigenvalue weighted by Gasteiger charge is 2.16. The highest BCUT2D eigenvalue weighted by molar-refractivity contribution is 5.97. The van der Waals surface area contributed by atoms with Gasteiger partial charge < -0.3 is 9.84 Å². The van der Waals surface area contributed by atoms with E-state index in [4.69, 9.17) is 9.84 Å². The Balaban J connectivity index is 2.35. The maximum atomic E-state index is 11.7. The van der Waals surface area contributed by atoms with Gasteiger partial charge in [0.05, 0.1) is 13.1 Å². The summed E-state index contributed by atoms with van der Waals surface area (Å²) in [6.07, 6.45) is 0. The molecule has 0 fully saturated rings. The maximum Gasteiger partial charge on any atom is 0.320 e. The molecule has 0 bridgehead atoms. The first-order valence-electron chi connectivity index (χ1n) is 6.03. The van der Waals surface area contributed by atoms with E-state index in [-0.39, 0.29) is 24.6 Å². The van der Waals surface area contributed by atoms with Crippen molar-refractivity contribution in [2.75, 3.05) is 13.1 Å². The zero-order valence-electron chi connectivity index (χ0n) is 11.4. The maximum absolute atomic E-state index is 11.7. The highest BCUT2D eigenvalue weighted by Crippen LogP contribution is 2.10. The van der Waals surface area contributed by atoms with E-state index in [1.807, 2.05) is 0 Å². The zero-order chi connectivity index (χ0) is 14.5. The average molecular weight is 265 g/mol. The van der Waals surface area contributed by atoms with E-state index in [0.717, 1.165) is 0 Å². The molecule has 0 aliphatic carbocycles. The third-order valence-corrected chi connectivity index (χ3v) is 2.16. The topological polar surface area (TPSA) is 75.6 Å². The Hall–Kier alpha value is -1.88. The van der Waals surface area contributed by atoms with Gasteiger partial charge in [0, 0.05) is 5.56 Å². The summed E-state index contributed by atoms with van der Waals surface area (Å²) in [6.45, 7) is 5.39. The molecule has 5 heteroatoms. The fourth-order valence-corrected chi connectivity index (χ4v) is 1.41. The summed E-state index contributed by atoms with van der Waals surface area (Å²) in [4.78, 5) is 23.1. The van der Waals surface area contributed by atoms with Crippen LogP contribution >= 0.6 is 0 Å². The van der Waals surface area contributed by atoms with Gasteiger partial charge in [-0.05, 0) is 45.0 Å². The molecule has 0 amide bonds. The number of esters is 1. The molecule has 0 aromatic heterocycles. The van der Waals surface area contributed by atoms with Crippen molar-refractivity contribution in [3.8, 4) is 5.75 Å². The molecule has 0 heterocycles. The fraction of sp³-hybridized carbons (Fsp3) is 0.429. The molecule has 0 spiro atoms. The monoisotopic (exact) mass is 265 g/mol. The van der Waals surface area contributed by atoms with Crippen LogP contribution in [0.1, 0.15) is 31.1 Å². The number of phenols is 1. The Morgan fingerprint density at radius 3 is 2.26 bits per heavy atom. The summed E-state index contributed by atoms with van der Waals surface area (Å²) in [7, 11) is 0. The van der Waals surface area contributed by atoms with Gasteiger partial charge in [0.2, 0.25) is 0 Å². The van der Waals surface area contributed by atoms with E-state index >= 15 is 0 Å². The molecule has 5 nitrogen and oxygen atoms in total. The van der Waals surface area contributed by atoms with E-state index in [1.54, 1.807) is 20.8 Å². The standard InChI is InChI=1S/C14H19NO4/c1-14(2,3)19-13(18)9-15-8-12(17)10-4-6-11(16)7-5-10/h4-7,15-16H,8-9H2,1-3H3. The number of nitrogens with one attached hydrogen (secondary N) is 1. The minimum atomic E-state index is -0.528. The smallest absolute Gasteiger partial charge is 0.320 e. The molecule has 0 saturated heterocycles. The van der Waals surface area contributed by atoms with Crippen LogP contribution in [0.2, 0.25) is 0 Å². The van der Waals surface area contributed by atoms with Crippen molar-refractivity contribution in [3.05, 3.63) is 29.8 Å². The van der Waals surface area contributed by atoms with E-state index in [1.165, 1.54) is 24.3 Å². The molecule has 2 N–H and O–H groups in total. The van der Waals surface area contributed by atoms with Crippen LogP contribution in [0.15, 0.2) is 24.3 Å². The van der Waals surface area contributed by atoms with Gasteiger partial charge >= 0.3 is 5.97 Å². The average Bonchev–Trinajstić information content (AvgIpc) is 2.27. The number of hydrogen-bond acceptors (Lipinski definition) is 5. The molecule has 0 saturated carbocycles. The summed E-state index contributed by atoms with van der Waals surface area (Å²) in [5, 5.41) is 11.8. The second kappa shape index (κ2) is 6.33. The van der Waals surface area contributed by atoms with Crippen molar-refractivity contribution in [2.24, 2.45) is 0 Å². The van der Waals surface area contributed by atoms with Crippen LogP contribution < -0.4 is 5.32 Å². The van der Waals surface area contributed by atoms with Crippen molar-refractivity contribution in [1.82, 2.24) is 5.32 Å². The SMILES string of the molecule is CC(C)(C)OC(=O)CNCC(=O)c1ccc(O)cc1. The third-order valence-electron chi connectivity index (χ3n) is 2.16. The lowest BCUT2D eigenvalue weighted by atomic mass is 10.1. The minimum Gasteiger partial charge on any atom is -0.508 e. The quantitative estimate of drug-likeness (QED) is 0.623. The summed E-state index contributed by atoms with van der Waals surface area (Å²) < 4.78 is 5.10. The van der Waals surface area contributed by atoms with Gasteiger partial charge in [0.15, 0.2) is 5.78 Å². The molecule has 0 atom stereocenters. The molecule has 0 aliphatic rings. The number of rotatable bonds is 5. The number of ketones is 1. The Morgan fingerprint density at radius 2 is 1.74 bits per heavy atom. The number of hydrogen-bond donors (Lipinski definition) is 2. The lowest BCUT2D eigenvalue weighted by Gasteiger charge is -2.19. The van der Waals surface area contributed by atoms with Crippen molar-refractivity contribution in [2.45, 2.75) is 26.4 Å². The highest BCUT2D eigenvalue weighted by atomic mass is 16.6. The third kappa shape index (κ3) is 6.01. The molecule has 0 radical (unpaired) electrons. The zero-order valence-corrected chi connectivity index (χ0v) is 11.4. The second-order valence-corrected chi connectivity index (χ2v) is 5.16. The molecule has 0 unspecified atom stereocenters. The van der Waals surface area contributed by atoms with Crippen LogP contribution in [0, 0.1) is 0 Å². The number of carbonyl (C=O) groups excluding carboxylic acids is 2. The molecular weight excluding hydrogens is 246 g/mol.